The van der Waals surface area contributed by atoms with Gasteiger partial charge in [0.05, 0.1) is 5.92 Å². The lowest BCUT2D eigenvalue weighted by molar-refractivity contribution is -0.308. The summed E-state index contributed by atoms with van der Waals surface area (Å²) in [6, 6.07) is 0. The third-order valence-electron chi connectivity index (χ3n) is 1.89. The molecule has 0 bridgehead atoms. The lowest BCUT2D eigenvalue weighted by Gasteiger charge is -2.21. The Morgan fingerprint density at radius 1 is 1.29 bits per heavy atom. The second-order valence-electron chi connectivity index (χ2n) is 2.89. The molecule has 1 aliphatic heterocycles. The number of hydrogen-bond acceptors (Lipinski definition) is 3. The van der Waals surface area contributed by atoms with Gasteiger partial charge in [0.1, 0.15) is 0 Å². The molecule has 0 unspecified atom stereocenters. The fraction of sp³-hybridized carbons (Fsp3) is 0.857. The van der Waals surface area contributed by atoms with E-state index in [1.54, 1.807) is 0 Å². The van der Waals surface area contributed by atoms with E-state index in [2.05, 4.69) is 10.1 Å². The zero-order valence-electron chi connectivity index (χ0n) is 7.26. The van der Waals surface area contributed by atoms with Crippen LogP contribution in [-0.4, -0.2) is 25.4 Å². The van der Waals surface area contributed by atoms with Gasteiger partial charge in [-0.1, -0.05) is 0 Å². The molecule has 1 aliphatic rings. The molecule has 0 aromatic heterocycles. The summed E-state index contributed by atoms with van der Waals surface area (Å²) in [5.74, 6) is -1.77. The van der Waals surface area contributed by atoms with Gasteiger partial charge in [0, 0.05) is 0 Å². The largest absolute Gasteiger partial charge is 0.575 e. The highest BCUT2D eigenvalue weighted by Crippen LogP contribution is 2.21. The Morgan fingerprint density at radius 2 is 1.79 bits per heavy atom. The number of halogens is 4. The van der Waals surface area contributed by atoms with Crippen LogP contribution in [0.15, 0.2) is 0 Å². The maximum Gasteiger partial charge on any atom is 0.575 e. The molecule has 0 saturated carbocycles. The molecule has 0 aromatic carbocycles. The van der Waals surface area contributed by atoms with Gasteiger partial charge >= 0.3 is 12.3 Å². The summed E-state index contributed by atoms with van der Waals surface area (Å²) in [6.07, 6.45) is -4.02. The van der Waals surface area contributed by atoms with Crippen LogP contribution in [0.4, 0.5) is 13.2 Å². The molecule has 0 amide bonds. The smallest absolute Gasteiger partial charge is 0.373 e. The Balaban J connectivity index is 0.00000169. The van der Waals surface area contributed by atoms with E-state index in [9.17, 15) is 18.0 Å². The Bertz CT molecular complexity index is 192. The predicted molar refractivity (Wildman–Crippen MR) is 45.0 cm³/mol. The molecule has 1 heterocycles. The number of piperidine rings is 1. The standard InChI is InChI=1S/C7H10F3NO2.ClH/c8-7(9,10)13-6(12)5-1-3-11-4-2-5;/h5,11H,1-4H2;1H. The number of ether oxygens (including phenoxy) is 1. The van der Waals surface area contributed by atoms with Gasteiger partial charge in [-0.25, -0.2) is 0 Å². The summed E-state index contributed by atoms with van der Waals surface area (Å²) in [4.78, 5) is 10.8. The Kier molecular flexibility index (Phi) is 5.22. The molecule has 0 aromatic rings. The average molecular weight is 234 g/mol. The van der Waals surface area contributed by atoms with Gasteiger partial charge in [-0.05, 0) is 25.9 Å². The minimum absolute atomic E-state index is 0. The number of nitrogens with one attached hydrogen (secondary N) is 1. The lowest BCUT2D eigenvalue weighted by atomic mass is 9.99. The molecule has 0 spiro atoms. The second-order valence-corrected chi connectivity index (χ2v) is 2.89. The van der Waals surface area contributed by atoms with Gasteiger partial charge < -0.3 is 10.1 Å². The maximum atomic E-state index is 11.6. The molecular formula is C7H11ClF3NO2. The summed E-state index contributed by atoms with van der Waals surface area (Å²) < 4.78 is 38.1. The highest BCUT2D eigenvalue weighted by molar-refractivity contribution is 5.85. The molecule has 3 nitrogen and oxygen atoms in total. The number of carbonyl (C=O) groups excluding carboxylic acids is 1. The highest BCUT2D eigenvalue weighted by Gasteiger charge is 2.37. The van der Waals surface area contributed by atoms with Crippen molar-refractivity contribution in [2.45, 2.75) is 19.2 Å². The molecule has 0 aliphatic carbocycles. The van der Waals surface area contributed by atoms with Crippen LogP contribution in [0, 0.1) is 5.92 Å². The fourth-order valence-electron chi connectivity index (χ4n) is 1.26. The van der Waals surface area contributed by atoms with Crippen molar-refractivity contribution < 1.29 is 22.7 Å². The van der Waals surface area contributed by atoms with Gasteiger partial charge in [-0.3, -0.25) is 4.79 Å². The van der Waals surface area contributed by atoms with Crippen molar-refractivity contribution >= 4 is 18.4 Å². The molecule has 84 valence electrons. The van der Waals surface area contributed by atoms with E-state index < -0.39 is 18.2 Å². The van der Waals surface area contributed by atoms with Crippen molar-refractivity contribution in [1.29, 1.82) is 0 Å². The van der Waals surface area contributed by atoms with E-state index >= 15 is 0 Å². The van der Waals surface area contributed by atoms with Crippen molar-refractivity contribution in [3.63, 3.8) is 0 Å². The van der Waals surface area contributed by atoms with Gasteiger partial charge in [0.2, 0.25) is 0 Å². The fourth-order valence-corrected chi connectivity index (χ4v) is 1.26. The molecule has 1 N–H and O–H groups in total. The minimum atomic E-state index is -4.85. The summed E-state index contributed by atoms with van der Waals surface area (Å²) >= 11 is 0. The molecule has 1 fully saturated rings. The van der Waals surface area contributed by atoms with Crippen molar-refractivity contribution in [3.8, 4) is 0 Å². The van der Waals surface area contributed by atoms with Crippen LogP contribution in [0.1, 0.15) is 12.8 Å². The number of rotatable bonds is 1. The first kappa shape index (κ1) is 13.5. The molecule has 0 atom stereocenters. The van der Waals surface area contributed by atoms with Gasteiger partial charge in [-0.15, -0.1) is 25.6 Å². The Hall–Kier alpha value is -0.490. The number of alkyl halides is 3. The zero-order chi connectivity index (χ0) is 9.90. The first-order chi connectivity index (χ1) is 5.99. The van der Waals surface area contributed by atoms with Crippen LogP contribution in [-0.2, 0) is 9.53 Å². The average Bonchev–Trinajstić information content (AvgIpc) is 2.03. The van der Waals surface area contributed by atoms with Crippen LogP contribution in [0.3, 0.4) is 0 Å². The summed E-state index contributed by atoms with van der Waals surface area (Å²) in [6.45, 7) is 1.13. The topological polar surface area (TPSA) is 38.3 Å². The summed E-state index contributed by atoms with van der Waals surface area (Å²) in [7, 11) is 0. The molecule has 14 heavy (non-hydrogen) atoms. The molecule has 1 saturated heterocycles. The number of carbonyl (C=O) groups is 1. The molecular weight excluding hydrogens is 223 g/mol. The van der Waals surface area contributed by atoms with E-state index in [4.69, 9.17) is 0 Å². The van der Waals surface area contributed by atoms with Crippen molar-refractivity contribution in [1.82, 2.24) is 5.32 Å². The normalized spacial score (nSPS) is 18.5. The summed E-state index contributed by atoms with van der Waals surface area (Å²) in [5.41, 5.74) is 0. The quantitative estimate of drug-likeness (QED) is 0.697. The summed E-state index contributed by atoms with van der Waals surface area (Å²) in [5, 5.41) is 2.94. The van der Waals surface area contributed by atoms with E-state index in [1.165, 1.54) is 0 Å². The van der Waals surface area contributed by atoms with Crippen LogP contribution in [0.2, 0.25) is 0 Å². The first-order valence-electron chi connectivity index (χ1n) is 3.99. The number of esters is 1. The van der Waals surface area contributed by atoms with E-state index in [0.717, 1.165) is 0 Å². The third kappa shape index (κ3) is 4.66. The lowest BCUT2D eigenvalue weighted by Crippen LogP contribution is -2.34. The minimum Gasteiger partial charge on any atom is -0.373 e. The van der Waals surface area contributed by atoms with Crippen molar-refractivity contribution in [2.24, 2.45) is 5.92 Å². The monoisotopic (exact) mass is 233 g/mol. The Morgan fingerprint density at radius 3 is 2.21 bits per heavy atom. The van der Waals surface area contributed by atoms with Crippen LogP contribution in [0.5, 0.6) is 0 Å². The highest BCUT2D eigenvalue weighted by atomic mass is 35.5. The van der Waals surface area contributed by atoms with E-state index in [1.807, 2.05) is 0 Å². The Labute approximate surface area is 85.4 Å². The van der Waals surface area contributed by atoms with Crippen LogP contribution >= 0.6 is 12.4 Å². The van der Waals surface area contributed by atoms with Crippen LogP contribution in [0.25, 0.3) is 0 Å². The molecule has 7 heteroatoms. The van der Waals surface area contributed by atoms with Gasteiger partial charge in [-0.2, -0.15) is 0 Å². The number of hydrogen-bond donors (Lipinski definition) is 1. The predicted octanol–water partition coefficient (Wildman–Crippen LogP) is 1.47. The van der Waals surface area contributed by atoms with E-state index in [0.29, 0.717) is 25.9 Å². The second kappa shape index (κ2) is 5.41. The van der Waals surface area contributed by atoms with Gasteiger partial charge in [0.15, 0.2) is 0 Å². The molecule has 0 radical (unpaired) electrons. The zero-order valence-corrected chi connectivity index (χ0v) is 8.08. The van der Waals surface area contributed by atoms with Gasteiger partial charge in [0.25, 0.3) is 0 Å². The van der Waals surface area contributed by atoms with Crippen molar-refractivity contribution in [3.05, 3.63) is 0 Å². The molecule has 1 rings (SSSR count). The van der Waals surface area contributed by atoms with E-state index in [-0.39, 0.29) is 12.4 Å². The van der Waals surface area contributed by atoms with Crippen molar-refractivity contribution in [2.75, 3.05) is 13.1 Å². The first-order valence-corrected chi connectivity index (χ1v) is 3.99. The third-order valence-corrected chi connectivity index (χ3v) is 1.89. The maximum absolute atomic E-state index is 11.6. The SMILES string of the molecule is Cl.O=C(OC(F)(F)F)C1CCNCC1. The van der Waals surface area contributed by atoms with Crippen LogP contribution < -0.4 is 5.32 Å².